The summed E-state index contributed by atoms with van der Waals surface area (Å²) in [5.41, 5.74) is 1.80. The van der Waals surface area contributed by atoms with Gasteiger partial charge in [-0.3, -0.25) is 9.59 Å². The lowest BCUT2D eigenvalue weighted by Crippen LogP contribution is -2.24. The Balaban J connectivity index is 1.21. The molecule has 3 aromatic rings. The van der Waals surface area contributed by atoms with Gasteiger partial charge in [-0.15, -0.1) is 0 Å². The second-order valence-electron chi connectivity index (χ2n) is 7.71. The fourth-order valence-corrected chi connectivity index (χ4v) is 3.44. The summed E-state index contributed by atoms with van der Waals surface area (Å²) in [6, 6.07) is 17.8. The zero-order chi connectivity index (χ0) is 22.9. The molecular formula is C25H27N3O5. The first kappa shape index (κ1) is 22.4. The molecule has 1 unspecified atom stereocenters. The molecule has 0 spiro atoms. The molecule has 1 fully saturated rings. The average molecular weight is 450 g/mol. The third-order valence-electron chi connectivity index (χ3n) is 5.18. The van der Waals surface area contributed by atoms with Gasteiger partial charge in [0, 0.05) is 23.5 Å². The van der Waals surface area contributed by atoms with Gasteiger partial charge in [-0.25, -0.2) is 0 Å². The number of anilines is 2. The van der Waals surface area contributed by atoms with E-state index in [1.54, 1.807) is 42.7 Å². The molecule has 2 aromatic carbocycles. The van der Waals surface area contributed by atoms with Crippen molar-refractivity contribution < 1.29 is 23.5 Å². The van der Waals surface area contributed by atoms with E-state index in [-0.39, 0.29) is 24.5 Å². The van der Waals surface area contributed by atoms with E-state index >= 15 is 0 Å². The molecule has 1 aliphatic heterocycles. The van der Waals surface area contributed by atoms with Crippen molar-refractivity contribution in [1.29, 1.82) is 0 Å². The highest BCUT2D eigenvalue weighted by atomic mass is 16.5. The minimum Gasteiger partial charge on any atom is -0.491 e. The van der Waals surface area contributed by atoms with Gasteiger partial charge in [-0.1, -0.05) is 6.07 Å². The molecule has 33 heavy (non-hydrogen) atoms. The highest BCUT2D eigenvalue weighted by Crippen LogP contribution is 2.18. The number of furan rings is 1. The Morgan fingerprint density at radius 3 is 2.67 bits per heavy atom. The molecule has 3 N–H and O–H groups in total. The van der Waals surface area contributed by atoms with E-state index < -0.39 is 0 Å². The van der Waals surface area contributed by atoms with Crippen LogP contribution in [0.5, 0.6) is 5.75 Å². The largest absolute Gasteiger partial charge is 0.491 e. The average Bonchev–Trinajstić information content (AvgIpc) is 3.55. The molecule has 4 rings (SSSR count). The number of nitrogens with one attached hydrogen (secondary N) is 3. The van der Waals surface area contributed by atoms with Gasteiger partial charge in [0.15, 0.2) is 0 Å². The number of carbonyl (C=O) groups excluding carboxylic acids is 2. The van der Waals surface area contributed by atoms with E-state index in [4.69, 9.17) is 13.9 Å². The van der Waals surface area contributed by atoms with Crippen LogP contribution >= 0.6 is 0 Å². The van der Waals surface area contributed by atoms with Gasteiger partial charge in [0.25, 0.3) is 5.91 Å². The summed E-state index contributed by atoms with van der Waals surface area (Å²) in [6.45, 7) is 1.74. The lowest BCUT2D eigenvalue weighted by Gasteiger charge is -2.12. The Kier molecular flexibility index (Phi) is 7.60. The van der Waals surface area contributed by atoms with Crippen LogP contribution in [0.3, 0.4) is 0 Å². The zero-order valence-electron chi connectivity index (χ0n) is 18.2. The molecular weight excluding hydrogens is 422 g/mol. The van der Waals surface area contributed by atoms with Crippen LogP contribution in [0.1, 0.15) is 29.0 Å². The van der Waals surface area contributed by atoms with Gasteiger partial charge in [-0.05, 0) is 67.4 Å². The number of carbonyl (C=O) groups is 2. The van der Waals surface area contributed by atoms with Crippen molar-refractivity contribution in [1.82, 2.24) is 5.32 Å². The Morgan fingerprint density at radius 1 is 1.03 bits per heavy atom. The summed E-state index contributed by atoms with van der Waals surface area (Å²) in [4.78, 5) is 24.7. The van der Waals surface area contributed by atoms with E-state index in [0.717, 1.165) is 30.9 Å². The zero-order valence-corrected chi connectivity index (χ0v) is 18.2. The third-order valence-corrected chi connectivity index (χ3v) is 5.18. The SMILES string of the molecule is O=C(CNc1ccc(OCC2CCCO2)cc1)Nc1cccc(C(=O)NCc2ccco2)c1. The van der Waals surface area contributed by atoms with Crippen LogP contribution in [-0.4, -0.2) is 37.7 Å². The Morgan fingerprint density at radius 2 is 1.91 bits per heavy atom. The first-order valence-electron chi connectivity index (χ1n) is 10.9. The lowest BCUT2D eigenvalue weighted by molar-refractivity contribution is -0.114. The summed E-state index contributed by atoms with van der Waals surface area (Å²) < 4.78 is 16.5. The number of rotatable bonds is 10. The molecule has 2 amide bonds. The Hall–Kier alpha value is -3.78. The number of ether oxygens (including phenoxy) is 2. The topological polar surface area (TPSA) is 102 Å². The third kappa shape index (κ3) is 6.85. The van der Waals surface area contributed by atoms with Crippen LogP contribution < -0.4 is 20.7 Å². The van der Waals surface area contributed by atoms with Crippen molar-refractivity contribution in [2.75, 3.05) is 30.4 Å². The fourth-order valence-electron chi connectivity index (χ4n) is 3.44. The smallest absolute Gasteiger partial charge is 0.251 e. The molecule has 2 heterocycles. The van der Waals surface area contributed by atoms with Gasteiger partial charge >= 0.3 is 0 Å². The second kappa shape index (κ2) is 11.2. The molecule has 1 saturated heterocycles. The molecule has 172 valence electrons. The molecule has 1 aliphatic rings. The maximum atomic E-state index is 12.3. The van der Waals surface area contributed by atoms with Gasteiger partial charge < -0.3 is 29.8 Å². The lowest BCUT2D eigenvalue weighted by atomic mass is 10.2. The summed E-state index contributed by atoms with van der Waals surface area (Å²) in [5.74, 6) is 0.966. The molecule has 8 nitrogen and oxygen atoms in total. The molecule has 0 saturated carbocycles. The fraction of sp³-hybridized carbons (Fsp3) is 0.280. The van der Waals surface area contributed by atoms with Gasteiger partial charge in [-0.2, -0.15) is 0 Å². The first-order valence-corrected chi connectivity index (χ1v) is 10.9. The van der Waals surface area contributed by atoms with Crippen LogP contribution in [0, 0.1) is 0 Å². The van der Waals surface area contributed by atoms with Crippen LogP contribution in [0.15, 0.2) is 71.3 Å². The van der Waals surface area contributed by atoms with E-state index in [0.29, 0.717) is 30.2 Å². The normalized spacial score (nSPS) is 15.1. The van der Waals surface area contributed by atoms with Crippen molar-refractivity contribution >= 4 is 23.2 Å². The van der Waals surface area contributed by atoms with E-state index in [9.17, 15) is 9.59 Å². The van der Waals surface area contributed by atoms with E-state index in [1.807, 2.05) is 24.3 Å². The molecule has 0 bridgehead atoms. The van der Waals surface area contributed by atoms with Crippen molar-refractivity contribution in [3.8, 4) is 5.75 Å². The van der Waals surface area contributed by atoms with Crippen LogP contribution in [0.2, 0.25) is 0 Å². The number of hydrogen-bond donors (Lipinski definition) is 3. The minimum atomic E-state index is -0.248. The van der Waals surface area contributed by atoms with Crippen molar-refractivity contribution in [3.63, 3.8) is 0 Å². The first-order chi connectivity index (χ1) is 16.2. The quantitative estimate of drug-likeness (QED) is 0.435. The summed E-state index contributed by atoms with van der Waals surface area (Å²) >= 11 is 0. The molecule has 0 aliphatic carbocycles. The summed E-state index contributed by atoms with van der Waals surface area (Å²) in [6.07, 6.45) is 3.85. The van der Waals surface area contributed by atoms with Crippen molar-refractivity contribution in [3.05, 3.63) is 78.3 Å². The molecule has 8 heteroatoms. The maximum absolute atomic E-state index is 12.3. The number of hydrogen-bond acceptors (Lipinski definition) is 6. The van der Waals surface area contributed by atoms with E-state index in [1.165, 1.54) is 0 Å². The summed E-state index contributed by atoms with van der Waals surface area (Å²) in [7, 11) is 0. The van der Waals surface area contributed by atoms with Gasteiger partial charge in [0.1, 0.15) is 18.1 Å². The molecule has 1 atom stereocenters. The van der Waals surface area contributed by atoms with Crippen LogP contribution in [0.4, 0.5) is 11.4 Å². The highest BCUT2D eigenvalue weighted by Gasteiger charge is 2.16. The Labute approximate surface area is 192 Å². The predicted molar refractivity (Wildman–Crippen MR) is 124 cm³/mol. The molecule has 1 aromatic heterocycles. The monoisotopic (exact) mass is 449 g/mol. The minimum absolute atomic E-state index is 0.0883. The standard InChI is InChI=1S/C25H27N3O5/c29-24(16-26-19-8-10-21(11-9-19)33-17-23-7-3-13-32-23)28-20-5-1-4-18(14-20)25(30)27-15-22-6-2-12-31-22/h1-2,4-6,8-12,14,23,26H,3,7,13,15-17H2,(H,27,30)(H,28,29). The van der Waals surface area contributed by atoms with Gasteiger partial charge in [0.05, 0.1) is 25.5 Å². The maximum Gasteiger partial charge on any atom is 0.251 e. The van der Waals surface area contributed by atoms with Crippen LogP contribution in [-0.2, 0) is 16.1 Å². The number of benzene rings is 2. The van der Waals surface area contributed by atoms with Crippen molar-refractivity contribution in [2.24, 2.45) is 0 Å². The van der Waals surface area contributed by atoms with Gasteiger partial charge in [0.2, 0.25) is 5.91 Å². The second-order valence-corrected chi connectivity index (χ2v) is 7.71. The van der Waals surface area contributed by atoms with Crippen LogP contribution in [0.25, 0.3) is 0 Å². The van der Waals surface area contributed by atoms with E-state index in [2.05, 4.69) is 16.0 Å². The highest BCUT2D eigenvalue weighted by molar-refractivity contribution is 5.98. The summed E-state index contributed by atoms with van der Waals surface area (Å²) in [5, 5.41) is 8.66. The Bertz CT molecular complexity index is 1040. The number of amides is 2. The van der Waals surface area contributed by atoms with Crippen molar-refractivity contribution in [2.45, 2.75) is 25.5 Å². The predicted octanol–water partition coefficient (Wildman–Crippen LogP) is 3.82. The molecule has 0 radical (unpaired) electrons.